The summed E-state index contributed by atoms with van der Waals surface area (Å²) >= 11 is 5.34. The quantitative estimate of drug-likeness (QED) is 0.512. The molecule has 28 heavy (non-hydrogen) atoms. The predicted molar refractivity (Wildman–Crippen MR) is 106 cm³/mol. The molecule has 146 valence electrons. The number of hydrogen-bond donors (Lipinski definition) is 2. The van der Waals surface area contributed by atoms with Crippen LogP contribution in [0.3, 0.4) is 0 Å². The van der Waals surface area contributed by atoms with Gasteiger partial charge in [-0.15, -0.1) is 5.10 Å². The van der Waals surface area contributed by atoms with E-state index in [1.807, 2.05) is 20.8 Å². The van der Waals surface area contributed by atoms with Gasteiger partial charge in [0.05, 0.1) is 0 Å². The van der Waals surface area contributed by atoms with Crippen molar-refractivity contribution in [3.8, 4) is 0 Å². The monoisotopic (exact) mass is 400 g/mol. The van der Waals surface area contributed by atoms with Crippen LogP contribution >= 0.6 is 12.2 Å². The van der Waals surface area contributed by atoms with Crippen molar-refractivity contribution in [3.05, 3.63) is 50.6 Å². The fraction of sp³-hybridized carbons (Fsp3) is 0.333. The minimum absolute atomic E-state index is 0.0509. The summed E-state index contributed by atoms with van der Waals surface area (Å²) < 4.78 is 2.82. The van der Waals surface area contributed by atoms with Crippen molar-refractivity contribution in [3.63, 3.8) is 0 Å². The highest BCUT2D eigenvalue weighted by Crippen LogP contribution is 2.16. The topological polar surface area (TPSA) is 114 Å². The molecule has 3 rings (SSSR count). The van der Waals surface area contributed by atoms with E-state index in [-0.39, 0.29) is 34.3 Å². The molecule has 1 aromatic carbocycles. The van der Waals surface area contributed by atoms with Gasteiger partial charge in [-0.1, -0.05) is 20.8 Å². The summed E-state index contributed by atoms with van der Waals surface area (Å²) in [4.78, 5) is 38.5. The number of nitrogens with one attached hydrogen (secondary N) is 2. The first kappa shape index (κ1) is 19.6. The van der Waals surface area contributed by atoms with E-state index in [1.165, 1.54) is 16.1 Å². The number of anilines is 1. The first-order valence-corrected chi connectivity index (χ1v) is 8.98. The molecule has 2 aromatic heterocycles. The number of aromatic amines is 1. The zero-order valence-corrected chi connectivity index (χ0v) is 16.8. The normalized spacial score (nSPS) is 11.6. The van der Waals surface area contributed by atoms with Crippen LogP contribution in [-0.2, 0) is 16.8 Å². The summed E-state index contributed by atoms with van der Waals surface area (Å²) in [6, 6.07) is 6.56. The maximum absolute atomic E-state index is 12.3. The third-order valence-electron chi connectivity index (χ3n) is 4.04. The SMILES string of the molecule is CC(=O)c1ccc(NC(=O)Cn2nc3[nH]c(=O)c(C(C)(C)C)nn3c2=S)cc1. The smallest absolute Gasteiger partial charge is 0.274 e. The van der Waals surface area contributed by atoms with Gasteiger partial charge < -0.3 is 5.32 Å². The van der Waals surface area contributed by atoms with Crippen molar-refractivity contribution in [1.82, 2.24) is 24.4 Å². The van der Waals surface area contributed by atoms with Gasteiger partial charge in [0.25, 0.3) is 11.3 Å². The number of ketones is 1. The fourth-order valence-electron chi connectivity index (χ4n) is 2.59. The molecule has 0 saturated carbocycles. The lowest BCUT2D eigenvalue weighted by Gasteiger charge is -2.15. The number of rotatable bonds is 4. The van der Waals surface area contributed by atoms with Gasteiger partial charge in [-0.05, 0) is 43.4 Å². The van der Waals surface area contributed by atoms with Gasteiger partial charge in [-0.2, -0.15) is 9.61 Å². The van der Waals surface area contributed by atoms with Crippen LogP contribution in [0.15, 0.2) is 29.1 Å². The Bertz CT molecular complexity index is 1180. The molecule has 0 bridgehead atoms. The molecule has 0 atom stereocenters. The highest BCUT2D eigenvalue weighted by molar-refractivity contribution is 7.71. The number of nitrogens with zero attached hydrogens (tertiary/aromatic N) is 4. The van der Waals surface area contributed by atoms with Gasteiger partial charge >= 0.3 is 0 Å². The van der Waals surface area contributed by atoms with Crippen LogP contribution in [0, 0.1) is 4.77 Å². The third kappa shape index (κ3) is 3.91. The molecule has 0 spiro atoms. The van der Waals surface area contributed by atoms with Crippen LogP contribution in [0.1, 0.15) is 43.7 Å². The maximum atomic E-state index is 12.3. The van der Waals surface area contributed by atoms with Crippen LogP contribution in [0.25, 0.3) is 5.78 Å². The van der Waals surface area contributed by atoms with E-state index in [1.54, 1.807) is 24.3 Å². The summed E-state index contributed by atoms with van der Waals surface area (Å²) in [6.07, 6.45) is 0. The summed E-state index contributed by atoms with van der Waals surface area (Å²) in [6.45, 7) is 6.94. The number of H-pyrrole nitrogens is 1. The van der Waals surface area contributed by atoms with Gasteiger partial charge in [-0.25, -0.2) is 4.68 Å². The highest BCUT2D eigenvalue weighted by Gasteiger charge is 2.22. The Kier molecular flexibility index (Phi) is 4.99. The molecule has 10 heteroatoms. The molecule has 2 N–H and O–H groups in total. The molecular formula is C18H20N6O3S. The predicted octanol–water partition coefficient (Wildman–Crippen LogP) is 2.09. The van der Waals surface area contributed by atoms with Crippen LogP contribution < -0.4 is 10.9 Å². The number of amides is 1. The Balaban J connectivity index is 1.85. The maximum Gasteiger partial charge on any atom is 0.274 e. The van der Waals surface area contributed by atoms with Gasteiger partial charge in [-0.3, -0.25) is 19.4 Å². The molecule has 0 saturated heterocycles. The van der Waals surface area contributed by atoms with E-state index in [0.717, 1.165) is 0 Å². The lowest BCUT2D eigenvalue weighted by molar-refractivity contribution is -0.116. The molecule has 3 aromatic rings. The Hall–Kier alpha value is -3.14. The molecule has 9 nitrogen and oxygen atoms in total. The van der Waals surface area contributed by atoms with E-state index in [9.17, 15) is 14.4 Å². The van der Waals surface area contributed by atoms with Gasteiger partial charge in [0.2, 0.25) is 10.7 Å². The van der Waals surface area contributed by atoms with Gasteiger partial charge in [0.15, 0.2) is 5.78 Å². The zero-order chi connectivity index (χ0) is 20.6. The van der Waals surface area contributed by atoms with E-state index >= 15 is 0 Å². The van der Waals surface area contributed by atoms with Crippen LogP contribution in [0.2, 0.25) is 0 Å². The number of Topliss-reactive ketones (excluding diaryl/α,β-unsaturated/α-hetero) is 1. The Labute approximate surface area is 165 Å². The molecular weight excluding hydrogens is 380 g/mol. The third-order valence-corrected chi connectivity index (χ3v) is 4.42. The summed E-state index contributed by atoms with van der Waals surface area (Å²) in [7, 11) is 0. The molecule has 0 fully saturated rings. The van der Waals surface area contributed by atoms with Gasteiger partial charge in [0.1, 0.15) is 12.2 Å². The lowest BCUT2D eigenvalue weighted by Crippen LogP contribution is -2.28. The number of benzene rings is 1. The molecule has 2 heterocycles. The summed E-state index contributed by atoms with van der Waals surface area (Å²) in [5.74, 6) is -0.236. The number of hydrogen-bond acceptors (Lipinski definition) is 6. The molecule has 0 aliphatic rings. The van der Waals surface area contributed by atoms with Crippen molar-refractivity contribution < 1.29 is 9.59 Å². The van der Waals surface area contributed by atoms with Crippen molar-refractivity contribution in [2.24, 2.45) is 0 Å². The Morgan fingerprint density at radius 3 is 2.39 bits per heavy atom. The number of aromatic nitrogens is 5. The number of carbonyl (C=O) groups excluding carboxylic acids is 2. The number of carbonyl (C=O) groups is 2. The van der Waals surface area contributed by atoms with Crippen LogP contribution in [0.5, 0.6) is 0 Å². The van der Waals surface area contributed by atoms with E-state index in [4.69, 9.17) is 12.2 Å². The summed E-state index contributed by atoms with van der Waals surface area (Å²) in [5, 5.41) is 11.2. The Morgan fingerprint density at radius 2 is 1.82 bits per heavy atom. The number of fused-ring (bicyclic) bond motifs is 1. The fourth-order valence-corrected chi connectivity index (χ4v) is 2.82. The first-order chi connectivity index (χ1) is 13.1. The molecule has 0 aliphatic heterocycles. The molecule has 0 unspecified atom stereocenters. The van der Waals surface area contributed by atoms with E-state index in [2.05, 4.69) is 20.5 Å². The minimum atomic E-state index is -0.470. The van der Waals surface area contributed by atoms with Crippen molar-refractivity contribution in [1.29, 1.82) is 0 Å². The van der Waals surface area contributed by atoms with Crippen LogP contribution in [-0.4, -0.2) is 36.1 Å². The average molecular weight is 400 g/mol. The summed E-state index contributed by atoms with van der Waals surface area (Å²) in [5.41, 5.74) is 0.618. The Morgan fingerprint density at radius 1 is 1.18 bits per heavy atom. The van der Waals surface area contributed by atoms with E-state index in [0.29, 0.717) is 16.9 Å². The average Bonchev–Trinajstić information content (AvgIpc) is 2.88. The second-order valence-electron chi connectivity index (χ2n) is 7.41. The second-order valence-corrected chi connectivity index (χ2v) is 7.78. The van der Waals surface area contributed by atoms with Crippen LogP contribution in [0.4, 0.5) is 5.69 Å². The molecule has 0 radical (unpaired) electrons. The largest absolute Gasteiger partial charge is 0.324 e. The lowest BCUT2D eigenvalue weighted by atomic mass is 9.93. The zero-order valence-electron chi connectivity index (χ0n) is 15.9. The first-order valence-electron chi connectivity index (χ1n) is 8.58. The highest BCUT2D eigenvalue weighted by atomic mass is 32.1. The van der Waals surface area contributed by atoms with Crippen molar-refractivity contribution >= 4 is 35.4 Å². The van der Waals surface area contributed by atoms with Gasteiger partial charge in [0, 0.05) is 16.7 Å². The van der Waals surface area contributed by atoms with Crippen molar-refractivity contribution in [2.45, 2.75) is 39.7 Å². The molecule has 0 aliphatic carbocycles. The second kappa shape index (κ2) is 7.12. The molecule has 1 amide bonds. The minimum Gasteiger partial charge on any atom is -0.324 e. The van der Waals surface area contributed by atoms with E-state index < -0.39 is 5.41 Å². The standard InChI is InChI=1S/C18H20N6O3S/c1-10(25)11-5-7-12(8-6-11)19-13(26)9-23-17(28)24-16(22-23)20-15(27)14(21-24)18(2,3)4/h5-8H,9H2,1-4H3,(H,19,26)(H,20,22,27). The van der Waals surface area contributed by atoms with Crippen molar-refractivity contribution in [2.75, 3.05) is 5.32 Å².